The van der Waals surface area contributed by atoms with Gasteiger partial charge in [0.2, 0.25) is 0 Å². The van der Waals surface area contributed by atoms with Gasteiger partial charge < -0.3 is 5.73 Å². The number of rotatable bonds is 4. The maximum absolute atomic E-state index is 11.4. The van der Waals surface area contributed by atoms with Crippen LogP contribution in [0.1, 0.15) is 5.56 Å². The lowest BCUT2D eigenvalue weighted by Crippen LogP contribution is -2.01. The third-order valence-corrected chi connectivity index (χ3v) is 4.33. The molecule has 5 nitrogen and oxygen atoms in total. The number of anilines is 1. The highest BCUT2D eigenvalue weighted by molar-refractivity contribution is 7.98. The van der Waals surface area contributed by atoms with Crippen molar-refractivity contribution in [2.24, 2.45) is 0 Å². The Kier molecular flexibility index (Phi) is 3.93. The van der Waals surface area contributed by atoms with Crippen molar-refractivity contribution >= 4 is 34.0 Å². The van der Waals surface area contributed by atoms with E-state index in [2.05, 4.69) is 4.98 Å². The molecule has 0 aliphatic heterocycles. The van der Waals surface area contributed by atoms with Gasteiger partial charge in [0.1, 0.15) is 10.7 Å². The van der Waals surface area contributed by atoms with Crippen LogP contribution < -0.4 is 5.73 Å². The number of hydrogen-bond donors (Lipinski definition) is 1. The number of nitrogens with zero attached hydrogens (tertiary/aromatic N) is 2. The third-order valence-electron chi connectivity index (χ3n) is 3.27. The first-order valence-corrected chi connectivity index (χ1v) is 7.64. The van der Waals surface area contributed by atoms with E-state index in [9.17, 15) is 10.1 Å². The predicted octanol–water partition coefficient (Wildman–Crippen LogP) is 4.02. The van der Waals surface area contributed by atoms with Gasteiger partial charge in [-0.1, -0.05) is 54.2 Å². The summed E-state index contributed by atoms with van der Waals surface area (Å²) in [5.41, 5.74) is 7.75. The average molecular weight is 311 g/mol. The first kappa shape index (κ1) is 14.3. The number of pyridine rings is 1. The molecule has 3 rings (SSSR count). The second-order valence-corrected chi connectivity index (χ2v) is 5.69. The standard InChI is InChI=1S/C16H13N3O2S/c17-14-15(19(20)21)12-8-4-5-9-13(12)18-16(14)22-10-11-6-2-1-3-7-11/h1-9H,10,17H2. The van der Waals surface area contributed by atoms with Gasteiger partial charge in [0.05, 0.1) is 15.8 Å². The van der Waals surface area contributed by atoms with Crippen LogP contribution in [0.2, 0.25) is 0 Å². The minimum Gasteiger partial charge on any atom is -0.391 e. The van der Waals surface area contributed by atoms with Gasteiger partial charge in [-0.15, -0.1) is 0 Å². The Labute approximate surface area is 131 Å². The number of fused-ring (bicyclic) bond motifs is 1. The second kappa shape index (κ2) is 6.03. The number of hydrogen-bond acceptors (Lipinski definition) is 5. The Balaban J connectivity index is 2.02. The molecule has 0 amide bonds. The van der Waals surface area contributed by atoms with E-state index in [4.69, 9.17) is 5.73 Å². The molecule has 0 unspecified atom stereocenters. The van der Waals surface area contributed by atoms with Crippen LogP contribution in [0.4, 0.5) is 11.4 Å². The molecule has 0 bridgehead atoms. The first-order valence-electron chi connectivity index (χ1n) is 6.66. The van der Waals surface area contributed by atoms with Crippen LogP contribution in [-0.4, -0.2) is 9.91 Å². The molecule has 0 aliphatic carbocycles. The summed E-state index contributed by atoms with van der Waals surface area (Å²) in [6, 6.07) is 16.8. The molecule has 0 saturated carbocycles. The molecule has 0 atom stereocenters. The SMILES string of the molecule is Nc1c(SCc2ccccc2)nc2ccccc2c1[N+](=O)[O-]. The van der Waals surface area contributed by atoms with Crippen molar-refractivity contribution in [1.29, 1.82) is 0 Å². The molecule has 0 fully saturated rings. The molecule has 1 aromatic heterocycles. The molecular weight excluding hydrogens is 298 g/mol. The predicted molar refractivity (Wildman–Crippen MR) is 88.8 cm³/mol. The Morgan fingerprint density at radius 3 is 2.50 bits per heavy atom. The van der Waals surface area contributed by atoms with Crippen molar-refractivity contribution in [1.82, 2.24) is 4.98 Å². The fourth-order valence-corrected chi connectivity index (χ4v) is 3.13. The van der Waals surface area contributed by atoms with Gasteiger partial charge in [-0.25, -0.2) is 4.98 Å². The topological polar surface area (TPSA) is 82.0 Å². The van der Waals surface area contributed by atoms with E-state index in [1.54, 1.807) is 24.3 Å². The smallest absolute Gasteiger partial charge is 0.304 e. The minimum atomic E-state index is -0.439. The van der Waals surface area contributed by atoms with Crippen molar-refractivity contribution in [3.63, 3.8) is 0 Å². The summed E-state index contributed by atoms with van der Waals surface area (Å²) in [4.78, 5) is 15.4. The molecule has 22 heavy (non-hydrogen) atoms. The van der Waals surface area contributed by atoms with Crippen molar-refractivity contribution in [2.75, 3.05) is 5.73 Å². The molecular formula is C16H13N3O2S. The zero-order valence-electron chi connectivity index (χ0n) is 11.6. The van der Waals surface area contributed by atoms with Gasteiger partial charge in [0.15, 0.2) is 0 Å². The van der Waals surface area contributed by atoms with Crippen LogP contribution in [0.3, 0.4) is 0 Å². The van der Waals surface area contributed by atoms with E-state index < -0.39 is 4.92 Å². The Hall–Kier alpha value is -2.60. The summed E-state index contributed by atoms with van der Waals surface area (Å²) in [7, 11) is 0. The molecule has 110 valence electrons. The number of benzene rings is 2. The van der Waals surface area contributed by atoms with Crippen LogP contribution in [0.5, 0.6) is 0 Å². The quantitative estimate of drug-likeness (QED) is 0.447. The normalized spacial score (nSPS) is 10.7. The van der Waals surface area contributed by atoms with Crippen molar-refractivity contribution in [3.8, 4) is 0 Å². The molecule has 6 heteroatoms. The highest BCUT2D eigenvalue weighted by atomic mass is 32.2. The lowest BCUT2D eigenvalue weighted by molar-refractivity contribution is -0.382. The van der Waals surface area contributed by atoms with Crippen LogP contribution >= 0.6 is 11.8 Å². The number of thioether (sulfide) groups is 1. The molecule has 0 aliphatic rings. The Bertz CT molecular complexity index is 837. The average Bonchev–Trinajstić information content (AvgIpc) is 2.53. The number of para-hydroxylation sites is 1. The van der Waals surface area contributed by atoms with Gasteiger partial charge in [0, 0.05) is 5.75 Å². The van der Waals surface area contributed by atoms with Gasteiger partial charge >= 0.3 is 5.69 Å². The van der Waals surface area contributed by atoms with E-state index in [0.717, 1.165) is 5.56 Å². The van der Waals surface area contributed by atoms with Crippen molar-refractivity contribution in [3.05, 3.63) is 70.3 Å². The van der Waals surface area contributed by atoms with Crippen LogP contribution in [0.25, 0.3) is 10.9 Å². The van der Waals surface area contributed by atoms with Crippen molar-refractivity contribution in [2.45, 2.75) is 10.8 Å². The molecule has 0 saturated heterocycles. The van der Waals surface area contributed by atoms with Gasteiger partial charge in [-0.2, -0.15) is 0 Å². The van der Waals surface area contributed by atoms with E-state index >= 15 is 0 Å². The molecule has 0 radical (unpaired) electrons. The molecule has 1 heterocycles. The van der Waals surface area contributed by atoms with Crippen LogP contribution in [0.15, 0.2) is 59.6 Å². The third kappa shape index (κ3) is 2.73. The first-order chi connectivity index (χ1) is 10.7. The Morgan fingerprint density at radius 2 is 1.77 bits per heavy atom. The highest BCUT2D eigenvalue weighted by Gasteiger charge is 2.21. The van der Waals surface area contributed by atoms with Gasteiger partial charge in [-0.05, 0) is 17.7 Å². The number of nitrogen functional groups attached to an aromatic ring is 1. The second-order valence-electron chi connectivity index (χ2n) is 4.73. The summed E-state index contributed by atoms with van der Waals surface area (Å²) < 4.78 is 0. The summed E-state index contributed by atoms with van der Waals surface area (Å²) >= 11 is 1.41. The molecule has 0 spiro atoms. The monoisotopic (exact) mass is 311 g/mol. The summed E-state index contributed by atoms with van der Waals surface area (Å²) in [6.07, 6.45) is 0. The van der Waals surface area contributed by atoms with Crippen LogP contribution in [-0.2, 0) is 5.75 Å². The largest absolute Gasteiger partial charge is 0.391 e. The summed E-state index contributed by atoms with van der Waals surface area (Å²) in [6.45, 7) is 0. The molecule has 2 N–H and O–H groups in total. The van der Waals surface area contributed by atoms with Crippen LogP contribution in [0, 0.1) is 10.1 Å². The van der Waals surface area contributed by atoms with E-state index in [1.807, 2.05) is 30.3 Å². The number of nitrogens with two attached hydrogens (primary N) is 1. The summed E-state index contributed by atoms with van der Waals surface area (Å²) in [5.74, 6) is 0.660. The van der Waals surface area contributed by atoms with E-state index in [-0.39, 0.29) is 11.4 Å². The summed E-state index contributed by atoms with van der Waals surface area (Å²) in [5, 5.41) is 12.3. The lowest BCUT2D eigenvalue weighted by Gasteiger charge is -2.08. The number of nitro groups is 1. The minimum absolute atomic E-state index is 0.0684. The van der Waals surface area contributed by atoms with E-state index in [0.29, 0.717) is 21.7 Å². The maximum Gasteiger partial charge on any atom is 0.304 e. The van der Waals surface area contributed by atoms with Gasteiger partial charge in [0.25, 0.3) is 0 Å². The maximum atomic E-state index is 11.4. The fraction of sp³-hybridized carbons (Fsp3) is 0.0625. The Morgan fingerprint density at radius 1 is 1.09 bits per heavy atom. The molecule has 3 aromatic rings. The molecule has 2 aromatic carbocycles. The highest BCUT2D eigenvalue weighted by Crippen LogP contribution is 2.37. The van der Waals surface area contributed by atoms with Gasteiger partial charge in [-0.3, -0.25) is 10.1 Å². The lowest BCUT2D eigenvalue weighted by atomic mass is 10.2. The zero-order valence-corrected chi connectivity index (χ0v) is 12.4. The number of aromatic nitrogens is 1. The zero-order chi connectivity index (χ0) is 15.5. The van der Waals surface area contributed by atoms with Crippen molar-refractivity contribution < 1.29 is 4.92 Å². The fourth-order valence-electron chi connectivity index (χ4n) is 2.22. The van der Waals surface area contributed by atoms with E-state index in [1.165, 1.54) is 11.8 Å².